The summed E-state index contributed by atoms with van der Waals surface area (Å²) in [7, 11) is 0. The molecule has 0 bridgehead atoms. The standard InChI is InChI=1S/C34H46O17/c1-17(2)11-34(45,33(44)47-16-19-5-9-21(10-6-19)49-32-30(43)28(41)26(39)23(14-36)51-32)12-24(37)46-15-18-3-7-20(8-4-18)48-31-29(42)27(40)25(38)22(13-35)50-31/h3-10,17,22-23,25-32,35-36,38-43,45H,11-16H2,1-2H3/t22-,23-,25-,26-,27+,28+,29-,30-,31+,32+,34-/m1/s1. The normalized spacial score (nSPS) is 30.7. The number of ether oxygens (including phenoxy) is 6. The third kappa shape index (κ3) is 10.3. The van der Waals surface area contributed by atoms with E-state index < -0.39 is 98.6 Å². The van der Waals surface area contributed by atoms with E-state index in [0.717, 1.165) is 0 Å². The number of esters is 2. The molecule has 17 nitrogen and oxygen atoms in total. The van der Waals surface area contributed by atoms with Gasteiger partial charge < -0.3 is 74.4 Å². The fourth-order valence-electron chi connectivity index (χ4n) is 5.57. The molecule has 11 atom stereocenters. The Morgan fingerprint density at radius 1 is 0.667 bits per heavy atom. The van der Waals surface area contributed by atoms with Crippen LogP contribution in [0.4, 0.5) is 0 Å². The largest absolute Gasteiger partial charge is 0.462 e. The van der Waals surface area contributed by atoms with Crippen LogP contribution in [0.1, 0.15) is 37.8 Å². The van der Waals surface area contributed by atoms with Crippen molar-refractivity contribution in [3.8, 4) is 11.5 Å². The van der Waals surface area contributed by atoms with Gasteiger partial charge in [-0.2, -0.15) is 0 Å². The minimum absolute atomic E-state index is 0.100. The molecule has 0 saturated carbocycles. The summed E-state index contributed by atoms with van der Waals surface area (Å²) in [5.74, 6) is -1.70. The highest BCUT2D eigenvalue weighted by molar-refractivity contribution is 5.85. The maximum atomic E-state index is 13.1. The Labute approximate surface area is 293 Å². The average Bonchev–Trinajstić information content (AvgIpc) is 3.10. The number of carbonyl (C=O) groups is 2. The van der Waals surface area contributed by atoms with Crippen LogP contribution in [0.15, 0.2) is 48.5 Å². The second kappa shape index (κ2) is 17.8. The number of aliphatic hydroxyl groups is 9. The molecular weight excluding hydrogens is 680 g/mol. The monoisotopic (exact) mass is 726 g/mol. The van der Waals surface area contributed by atoms with Crippen LogP contribution >= 0.6 is 0 Å². The number of carbonyl (C=O) groups excluding carboxylic acids is 2. The summed E-state index contributed by atoms with van der Waals surface area (Å²) in [4.78, 5) is 25.8. The lowest BCUT2D eigenvalue weighted by Gasteiger charge is -2.39. The van der Waals surface area contributed by atoms with Crippen LogP contribution in [-0.4, -0.2) is 138 Å². The molecule has 2 heterocycles. The predicted molar refractivity (Wildman–Crippen MR) is 170 cm³/mol. The van der Waals surface area contributed by atoms with Crippen LogP contribution in [0.25, 0.3) is 0 Å². The molecule has 0 radical (unpaired) electrons. The van der Waals surface area contributed by atoms with Gasteiger partial charge in [0.05, 0.1) is 19.6 Å². The third-order valence-corrected chi connectivity index (χ3v) is 8.38. The Kier molecular flexibility index (Phi) is 14.1. The first-order valence-electron chi connectivity index (χ1n) is 16.3. The molecule has 284 valence electrons. The van der Waals surface area contributed by atoms with Crippen molar-refractivity contribution in [3.63, 3.8) is 0 Å². The Hall–Kier alpha value is -3.46. The zero-order valence-corrected chi connectivity index (χ0v) is 28.0. The van der Waals surface area contributed by atoms with Crippen molar-refractivity contribution < 1.29 is 84.0 Å². The van der Waals surface area contributed by atoms with Gasteiger partial charge in [0.25, 0.3) is 0 Å². The summed E-state index contributed by atoms with van der Waals surface area (Å²) < 4.78 is 32.4. The molecular formula is C34H46O17. The van der Waals surface area contributed by atoms with E-state index in [4.69, 9.17) is 28.4 Å². The number of aliphatic hydroxyl groups excluding tert-OH is 8. The summed E-state index contributed by atoms with van der Waals surface area (Å²) in [5.41, 5.74) is -1.20. The van der Waals surface area contributed by atoms with Gasteiger partial charge in [0, 0.05) is 0 Å². The number of hydrogen-bond acceptors (Lipinski definition) is 17. The first-order valence-corrected chi connectivity index (χ1v) is 16.3. The summed E-state index contributed by atoms with van der Waals surface area (Å²) in [6, 6.07) is 12.0. The molecule has 0 amide bonds. The topological polar surface area (TPSA) is 272 Å². The Balaban J connectivity index is 1.27. The molecule has 0 unspecified atom stereocenters. The van der Waals surface area contributed by atoms with Crippen molar-refractivity contribution in [2.75, 3.05) is 13.2 Å². The quantitative estimate of drug-likeness (QED) is 0.0898. The van der Waals surface area contributed by atoms with E-state index in [0.29, 0.717) is 11.1 Å². The van der Waals surface area contributed by atoms with Gasteiger partial charge >= 0.3 is 11.9 Å². The molecule has 2 saturated heterocycles. The van der Waals surface area contributed by atoms with Crippen LogP contribution < -0.4 is 9.47 Å². The second-order valence-corrected chi connectivity index (χ2v) is 13.0. The smallest absolute Gasteiger partial charge is 0.339 e. The zero-order chi connectivity index (χ0) is 37.5. The van der Waals surface area contributed by atoms with Crippen molar-refractivity contribution >= 4 is 11.9 Å². The molecule has 4 rings (SSSR count). The van der Waals surface area contributed by atoms with Crippen LogP contribution in [0.3, 0.4) is 0 Å². The zero-order valence-electron chi connectivity index (χ0n) is 28.0. The molecule has 2 aromatic rings. The van der Waals surface area contributed by atoms with Gasteiger partial charge in [0.1, 0.15) is 73.5 Å². The van der Waals surface area contributed by atoms with E-state index in [1.54, 1.807) is 26.0 Å². The van der Waals surface area contributed by atoms with E-state index in [1.165, 1.54) is 36.4 Å². The number of benzene rings is 2. The van der Waals surface area contributed by atoms with Crippen LogP contribution in [0.2, 0.25) is 0 Å². The second-order valence-electron chi connectivity index (χ2n) is 13.0. The summed E-state index contributed by atoms with van der Waals surface area (Å²) in [6.07, 6.45) is -15.3. The first-order chi connectivity index (χ1) is 24.1. The van der Waals surface area contributed by atoms with Gasteiger partial charge in [-0.15, -0.1) is 0 Å². The third-order valence-electron chi connectivity index (χ3n) is 8.38. The fraction of sp³-hybridized carbons (Fsp3) is 0.588. The number of rotatable bonds is 15. The van der Waals surface area contributed by atoms with Crippen molar-refractivity contribution in [1.82, 2.24) is 0 Å². The van der Waals surface area contributed by atoms with E-state index in [2.05, 4.69) is 0 Å². The van der Waals surface area contributed by atoms with Crippen LogP contribution in [-0.2, 0) is 41.8 Å². The molecule has 17 heteroatoms. The highest BCUT2D eigenvalue weighted by Crippen LogP contribution is 2.28. The van der Waals surface area contributed by atoms with E-state index in [9.17, 15) is 55.5 Å². The van der Waals surface area contributed by atoms with Crippen molar-refractivity contribution in [2.45, 2.75) is 107 Å². The van der Waals surface area contributed by atoms with Gasteiger partial charge in [0.2, 0.25) is 12.6 Å². The Morgan fingerprint density at radius 2 is 1.08 bits per heavy atom. The molecule has 0 spiro atoms. The van der Waals surface area contributed by atoms with Crippen LogP contribution in [0, 0.1) is 5.92 Å². The van der Waals surface area contributed by atoms with E-state index >= 15 is 0 Å². The average molecular weight is 727 g/mol. The Bertz CT molecular complexity index is 1400. The lowest BCUT2D eigenvalue weighted by atomic mass is 9.89. The molecule has 0 aliphatic carbocycles. The van der Waals surface area contributed by atoms with Gasteiger partial charge in [-0.05, 0) is 47.7 Å². The van der Waals surface area contributed by atoms with Gasteiger partial charge in [-0.3, -0.25) is 4.79 Å². The van der Waals surface area contributed by atoms with Crippen molar-refractivity contribution in [3.05, 3.63) is 59.7 Å². The highest BCUT2D eigenvalue weighted by Gasteiger charge is 2.46. The maximum Gasteiger partial charge on any atom is 0.339 e. The molecule has 9 N–H and O–H groups in total. The van der Waals surface area contributed by atoms with E-state index in [-0.39, 0.29) is 37.1 Å². The van der Waals surface area contributed by atoms with Gasteiger partial charge in [0.15, 0.2) is 5.60 Å². The minimum Gasteiger partial charge on any atom is -0.462 e. The lowest BCUT2D eigenvalue weighted by molar-refractivity contribution is -0.277. The minimum atomic E-state index is -2.19. The number of hydrogen-bond donors (Lipinski definition) is 9. The molecule has 51 heavy (non-hydrogen) atoms. The molecule has 2 aromatic carbocycles. The molecule has 0 aromatic heterocycles. The van der Waals surface area contributed by atoms with E-state index in [1.807, 2.05) is 0 Å². The summed E-state index contributed by atoms with van der Waals surface area (Å²) >= 11 is 0. The van der Waals surface area contributed by atoms with Gasteiger partial charge in [-0.1, -0.05) is 38.1 Å². The van der Waals surface area contributed by atoms with Crippen molar-refractivity contribution in [2.24, 2.45) is 5.92 Å². The summed E-state index contributed by atoms with van der Waals surface area (Å²) in [6.45, 7) is 1.80. The highest BCUT2D eigenvalue weighted by atomic mass is 16.7. The summed E-state index contributed by atoms with van der Waals surface area (Å²) in [5, 5.41) is 90.0. The molecule has 2 fully saturated rings. The van der Waals surface area contributed by atoms with Crippen molar-refractivity contribution in [1.29, 1.82) is 0 Å². The first kappa shape index (κ1) is 40.3. The van der Waals surface area contributed by atoms with Gasteiger partial charge in [-0.25, -0.2) is 4.79 Å². The molecule has 2 aliphatic heterocycles. The van der Waals surface area contributed by atoms with Crippen LogP contribution in [0.5, 0.6) is 11.5 Å². The maximum absolute atomic E-state index is 13.1. The SMILES string of the molecule is CC(C)C[C@@](O)(CC(=O)OCc1ccc(O[C@H]2O[C@H](CO)[C@@H](O)[C@H](O)[C@H]2O)cc1)C(=O)OCc1ccc(O[C@H]2O[C@H](CO)[C@@H](O)[C@H](O)[C@H]2O)cc1. The predicted octanol–water partition coefficient (Wildman–Crippen LogP) is -2.00. The lowest BCUT2D eigenvalue weighted by Crippen LogP contribution is -2.60. The Morgan fingerprint density at radius 3 is 1.47 bits per heavy atom. The fourth-order valence-corrected chi connectivity index (χ4v) is 5.57. The molecule has 2 aliphatic rings.